The zero-order chi connectivity index (χ0) is 48.2. The molecule has 15 nitrogen and oxygen atoms in total. The van der Waals surface area contributed by atoms with Crippen LogP contribution in [0.2, 0.25) is 0 Å². The van der Waals surface area contributed by atoms with Gasteiger partial charge in [-0.2, -0.15) is 0 Å². The van der Waals surface area contributed by atoms with Gasteiger partial charge >= 0.3 is 5.69 Å². The Morgan fingerprint density at radius 2 is 1.61 bits per heavy atom. The zero-order valence-corrected chi connectivity index (χ0v) is 41.1. The van der Waals surface area contributed by atoms with E-state index in [1.54, 1.807) is 4.57 Å². The molecule has 4 aromatic heterocycles. The number of imidazole rings is 1. The highest BCUT2D eigenvalue weighted by atomic mass is 16.2. The van der Waals surface area contributed by atoms with Gasteiger partial charge in [0.2, 0.25) is 11.8 Å². The number of nitrogens with one attached hydrogen (secondary N) is 2. The van der Waals surface area contributed by atoms with E-state index in [2.05, 4.69) is 115 Å². The van der Waals surface area contributed by atoms with E-state index in [1.165, 1.54) is 11.3 Å². The van der Waals surface area contributed by atoms with E-state index in [-0.39, 0.29) is 36.0 Å². The number of anilines is 1. The van der Waals surface area contributed by atoms with Gasteiger partial charge < -0.3 is 14.8 Å². The first-order valence-electron chi connectivity index (χ1n) is 25.8. The molecule has 4 saturated heterocycles. The Morgan fingerprint density at radius 3 is 2.31 bits per heavy atom. The highest BCUT2D eigenvalue weighted by molar-refractivity contribution is 6.00. The Morgan fingerprint density at radius 1 is 0.829 bits per heavy atom. The maximum absolute atomic E-state index is 13.8. The zero-order valence-electron chi connectivity index (χ0n) is 41.1. The second-order valence-electron chi connectivity index (χ2n) is 20.9. The average molecular weight is 946 g/mol. The van der Waals surface area contributed by atoms with E-state index in [1.807, 2.05) is 36.1 Å². The Balaban J connectivity index is 0.644. The molecule has 6 aromatic rings. The molecule has 3 atom stereocenters. The fourth-order valence-electron chi connectivity index (χ4n) is 12.2. The predicted molar refractivity (Wildman–Crippen MR) is 273 cm³/mol. The summed E-state index contributed by atoms with van der Waals surface area (Å²) in [5.41, 5.74) is 9.27. The van der Waals surface area contributed by atoms with Crippen molar-refractivity contribution in [1.82, 2.24) is 48.6 Å². The summed E-state index contributed by atoms with van der Waals surface area (Å²) < 4.78 is 5.76. The number of piperazine rings is 1. The summed E-state index contributed by atoms with van der Waals surface area (Å²) in [4.78, 5) is 71.4. The fourth-order valence-corrected chi connectivity index (χ4v) is 12.2. The number of hydrogen-bond donors (Lipinski definition) is 2. The lowest BCUT2D eigenvalue weighted by molar-refractivity contribution is -0.135. The Bertz CT molecular complexity index is 2970. The molecule has 70 heavy (non-hydrogen) atoms. The van der Waals surface area contributed by atoms with Crippen molar-refractivity contribution >= 4 is 45.6 Å². The number of benzene rings is 2. The number of pyridine rings is 2. The summed E-state index contributed by atoms with van der Waals surface area (Å²) in [5.74, 6) is 1.37. The van der Waals surface area contributed by atoms with Gasteiger partial charge in [-0.15, -0.1) is 0 Å². The number of amides is 3. The van der Waals surface area contributed by atoms with Gasteiger partial charge in [-0.25, -0.2) is 14.8 Å². The molecular formula is C55H67N11O4. The molecule has 1 aliphatic carbocycles. The van der Waals surface area contributed by atoms with Crippen molar-refractivity contribution in [2.75, 3.05) is 64.7 Å². The second-order valence-corrected chi connectivity index (χ2v) is 20.9. The molecule has 2 N–H and O–H groups in total. The number of fused-ring (bicyclic) bond motifs is 2. The van der Waals surface area contributed by atoms with Gasteiger partial charge in [0, 0.05) is 119 Å². The van der Waals surface area contributed by atoms with Crippen LogP contribution >= 0.6 is 0 Å². The molecule has 4 aliphatic heterocycles. The SMILES string of the molecule is CNc1ccc(-c2ccnc3c2cc([C@H](C)N2CCC(c4ccc(C(=O)N5CCC(CN6CCN(Cc7ccc8c(c7)n(C7CC7)c(=O)n8[C@H]7CCC(=O)NC7=O)C[C@@H]6C)CC5)cc4)CC2)n3C)cn1. The first-order valence-corrected chi connectivity index (χ1v) is 25.8. The van der Waals surface area contributed by atoms with Gasteiger partial charge in [0.05, 0.1) is 11.0 Å². The molecule has 0 spiro atoms. The second kappa shape index (κ2) is 19.2. The highest BCUT2D eigenvalue weighted by Crippen LogP contribution is 2.39. The minimum absolute atomic E-state index is 0.148. The average Bonchev–Trinajstić information content (AvgIpc) is 4.10. The maximum atomic E-state index is 13.8. The lowest BCUT2D eigenvalue weighted by Crippen LogP contribution is -2.53. The molecular weight excluding hydrogens is 879 g/mol. The van der Waals surface area contributed by atoms with Crippen molar-refractivity contribution in [3.8, 4) is 11.1 Å². The van der Waals surface area contributed by atoms with Gasteiger partial charge in [0.25, 0.3) is 5.91 Å². The molecule has 366 valence electrons. The van der Waals surface area contributed by atoms with Gasteiger partial charge in [-0.3, -0.25) is 43.5 Å². The van der Waals surface area contributed by atoms with Crippen LogP contribution in [0.1, 0.15) is 116 Å². The van der Waals surface area contributed by atoms with E-state index in [9.17, 15) is 19.2 Å². The van der Waals surface area contributed by atoms with Crippen LogP contribution in [-0.4, -0.2) is 126 Å². The molecule has 0 bridgehead atoms. The standard InChI is InChI=1S/C55H67N11O4/c1-35-32-61(33-38-5-13-46-49(29-38)65(43-11-12-43)55(70)66(46)47-14-16-51(67)59-53(47)68)27-28-64(35)34-37-18-23-63(24-19-37)54(69)41-8-6-39(7-9-41)40-20-25-62(26-21-40)36(2)48-30-45-44(17-22-57-52(45)60(48)4)42-10-15-50(56-3)58-31-42/h5-10,13,15,17,22,29-31,35-37,40,43,47H,11-12,14,16,18-21,23-28,32-34H2,1-4H3,(H,56,58)(H,59,67,68)/t35-,36-,47-/m0/s1. The molecule has 5 aliphatic rings. The molecule has 1 saturated carbocycles. The third kappa shape index (κ3) is 8.96. The van der Waals surface area contributed by atoms with E-state index >= 15 is 0 Å². The van der Waals surface area contributed by atoms with Crippen LogP contribution in [0.4, 0.5) is 5.82 Å². The molecule has 0 unspecified atom stereocenters. The minimum Gasteiger partial charge on any atom is -0.373 e. The topological polar surface area (TPSA) is 146 Å². The number of carbonyl (C=O) groups excluding carboxylic acids is 3. The van der Waals surface area contributed by atoms with Gasteiger partial charge in [-0.1, -0.05) is 18.2 Å². The summed E-state index contributed by atoms with van der Waals surface area (Å²) in [5, 5.41) is 6.69. The van der Waals surface area contributed by atoms with Crippen LogP contribution in [0.3, 0.4) is 0 Å². The van der Waals surface area contributed by atoms with Crippen molar-refractivity contribution in [2.45, 2.75) is 102 Å². The molecule has 5 fully saturated rings. The summed E-state index contributed by atoms with van der Waals surface area (Å²) in [6.07, 6.45) is 10.5. The van der Waals surface area contributed by atoms with Crippen LogP contribution in [0, 0.1) is 5.92 Å². The van der Waals surface area contributed by atoms with E-state index in [0.717, 1.165) is 148 Å². The van der Waals surface area contributed by atoms with Crippen molar-refractivity contribution in [3.63, 3.8) is 0 Å². The monoisotopic (exact) mass is 946 g/mol. The van der Waals surface area contributed by atoms with E-state index in [4.69, 9.17) is 4.98 Å². The third-order valence-corrected chi connectivity index (χ3v) is 16.5. The summed E-state index contributed by atoms with van der Waals surface area (Å²) in [7, 11) is 4.01. The summed E-state index contributed by atoms with van der Waals surface area (Å²) >= 11 is 0. The van der Waals surface area contributed by atoms with E-state index < -0.39 is 11.9 Å². The lowest BCUT2D eigenvalue weighted by Gasteiger charge is -2.42. The van der Waals surface area contributed by atoms with Crippen molar-refractivity contribution in [1.29, 1.82) is 0 Å². The number of rotatable bonds is 12. The molecule has 11 rings (SSSR count). The van der Waals surface area contributed by atoms with Crippen molar-refractivity contribution in [2.24, 2.45) is 13.0 Å². The number of carbonyl (C=O) groups is 3. The van der Waals surface area contributed by atoms with Crippen molar-refractivity contribution in [3.05, 3.63) is 112 Å². The number of likely N-dealkylation sites (tertiary alicyclic amines) is 2. The van der Waals surface area contributed by atoms with Gasteiger partial charge in [-0.05, 0) is 149 Å². The van der Waals surface area contributed by atoms with Crippen LogP contribution < -0.4 is 16.3 Å². The smallest absolute Gasteiger partial charge is 0.330 e. The molecule has 8 heterocycles. The first kappa shape index (κ1) is 46.2. The van der Waals surface area contributed by atoms with Crippen molar-refractivity contribution < 1.29 is 14.4 Å². The highest BCUT2D eigenvalue weighted by Gasteiger charge is 2.36. The third-order valence-electron chi connectivity index (χ3n) is 16.5. The number of nitrogens with zero attached hydrogens (tertiary/aromatic N) is 9. The number of imide groups is 1. The first-order chi connectivity index (χ1) is 34.0. The fraction of sp³-hybridized carbons (Fsp3) is 0.491. The predicted octanol–water partition coefficient (Wildman–Crippen LogP) is 7.11. The molecule has 2 aromatic carbocycles. The largest absolute Gasteiger partial charge is 0.373 e. The minimum atomic E-state index is -0.669. The number of aromatic nitrogens is 5. The lowest BCUT2D eigenvalue weighted by atomic mass is 9.88. The molecule has 3 amide bonds. The maximum Gasteiger partial charge on any atom is 0.330 e. The van der Waals surface area contributed by atoms with E-state index in [0.29, 0.717) is 24.3 Å². The van der Waals surface area contributed by atoms with Crippen LogP contribution in [0.5, 0.6) is 0 Å². The number of hydrogen-bond acceptors (Lipinski definition) is 10. The van der Waals surface area contributed by atoms with Crippen LogP contribution in [0.15, 0.2) is 83.9 Å². The van der Waals surface area contributed by atoms with Gasteiger partial charge in [0.1, 0.15) is 17.5 Å². The van der Waals surface area contributed by atoms with Crippen LogP contribution in [-0.2, 0) is 23.2 Å². The quantitative estimate of drug-likeness (QED) is 0.122. The summed E-state index contributed by atoms with van der Waals surface area (Å²) in [6, 6.07) is 23.4. The summed E-state index contributed by atoms with van der Waals surface area (Å²) in [6.45, 7) is 13.1. The number of aryl methyl sites for hydroxylation is 1. The molecule has 0 radical (unpaired) electrons. The van der Waals surface area contributed by atoms with Crippen LogP contribution in [0.25, 0.3) is 33.2 Å². The Kier molecular flexibility index (Phi) is 12.7. The Hall–Kier alpha value is -6.16. The normalized spacial score (nSPS) is 22.0. The number of piperidine rings is 3. The Labute approximate surface area is 409 Å². The molecule has 15 heteroatoms. The van der Waals surface area contributed by atoms with Gasteiger partial charge in [0.15, 0.2) is 0 Å².